The Morgan fingerprint density at radius 2 is 2.21 bits per heavy atom. The van der Waals surface area contributed by atoms with Crippen LogP contribution in [0.1, 0.15) is 6.42 Å². The molecule has 0 amide bonds. The molecule has 1 fully saturated rings. The molecule has 0 bridgehead atoms. The number of hydrogen-bond acceptors (Lipinski definition) is 5. The highest BCUT2D eigenvalue weighted by molar-refractivity contribution is 7.89. The lowest BCUT2D eigenvalue weighted by molar-refractivity contribution is -0.385. The van der Waals surface area contributed by atoms with Gasteiger partial charge in [0.15, 0.2) is 0 Å². The first kappa shape index (κ1) is 13.9. The lowest BCUT2D eigenvalue weighted by Gasteiger charge is -2.16. The summed E-state index contributed by atoms with van der Waals surface area (Å²) in [4.78, 5) is 10.1. The Hall–Kier alpha value is -1.51. The Labute approximate surface area is 111 Å². The highest BCUT2D eigenvalue weighted by atomic mass is 32.2. The van der Waals surface area contributed by atoms with Crippen molar-refractivity contribution < 1.29 is 13.3 Å². The molecule has 1 unspecified atom stereocenters. The summed E-state index contributed by atoms with van der Waals surface area (Å²) in [6.07, 6.45) is 0.741. The number of nitrogens with one attached hydrogen (secondary N) is 1. The molecule has 19 heavy (non-hydrogen) atoms. The van der Waals surface area contributed by atoms with Crippen LogP contribution in [0.25, 0.3) is 0 Å². The van der Waals surface area contributed by atoms with Crippen molar-refractivity contribution in [3.63, 3.8) is 0 Å². The monoisotopic (exact) mass is 285 g/mol. The molecule has 7 nitrogen and oxygen atoms in total. The van der Waals surface area contributed by atoms with Crippen molar-refractivity contribution >= 4 is 15.7 Å². The van der Waals surface area contributed by atoms with Gasteiger partial charge in [0.25, 0.3) is 5.69 Å². The van der Waals surface area contributed by atoms with E-state index in [9.17, 15) is 18.5 Å². The van der Waals surface area contributed by atoms with Crippen LogP contribution in [0.2, 0.25) is 0 Å². The topological polar surface area (TPSA) is 92.6 Å². The van der Waals surface area contributed by atoms with E-state index >= 15 is 0 Å². The molecule has 0 radical (unpaired) electrons. The van der Waals surface area contributed by atoms with Gasteiger partial charge in [-0.3, -0.25) is 10.1 Å². The summed E-state index contributed by atoms with van der Waals surface area (Å²) < 4.78 is 26.0. The van der Waals surface area contributed by atoms with Gasteiger partial charge in [-0.25, -0.2) is 8.42 Å². The molecule has 1 aromatic carbocycles. The van der Waals surface area contributed by atoms with Crippen molar-refractivity contribution in [2.75, 3.05) is 20.1 Å². The van der Waals surface area contributed by atoms with Gasteiger partial charge in [0.1, 0.15) is 0 Å². The van der Waals surface area contributed by atoms with E-state index in [-0.39, 0.29) is 16.6 Å². The van der Waals surface area contributed by atoms with Crippen LogP contribution < -0.4 is 5.32 Å². The Kier molecular flexibility index (Phi) is 3.83. The molecular formula is C11H15N3O4S. The second-order valence-electron chi connectivity index (χ2n) is 4.39. The number of benzene rings is 1. The lowest BCUT2D eigenvalue weighted by atomic mass is 10.3. The zero-order valence-corrected chi connectivity index (χ0v) is 11.3. The minimum atomic E-state index is -3.65. The first-order valence-electron chi connectivity index (χ1n) is 5.87. The van der Waals surface area contributed by atoms with Crippen LogP contribution in [0, 0.1) is 10.1 Å². The Balaban J connectivity index is 2.30. The Bertz CT molecular complexity index is 587. The maximum atomic E-state index is 12.3. The summed E-state index contributed by atoms with van der Waals surface area (Å²) in [6.45, 7) is 0.818. The summed E-state index contributed by atoms with van der Waals surface area (Å²) in [6, 6.07) is 5.28. The van der Waals surface area contributed by atoms with Gasteiger partial charge >= 0.3 is 0 Å². The fraction of sp³-hybridized carbons (Fsp3) is 0.455. The average molecular weight is 285 g/mol. The molecular weight excluding hydrogens is 270 g/mol. The molecule has 1 saturated heterocycles. The molecule has 8 heteroatoms. The zero-order chi connectivity index (χ0) is 14.0. The maximum Gasteiger partial charge on any atom is 0.270 e. The molecule has 1 heterocycles. The van der Waals surface area contributed by atoms with E-state index in [1.165, 1.54) is 22.5 Å². The number of hydrogen-bond donors (Lipinski definition) is 1. The number of sulfonamides is 1. The zero-order valence-electron chi connectivity index (χ0n) is 10.4. The number of rotatable bonds is 4. The minimum Gasteiger partial charge on any atom is -0.316 e. The summed E-state index contributed by atoms with van der Waals surface area (Å²) >= 11 is 0. The largest absolute Gasteiger partial charge is 0.316 e. The van der Waals surface area contributed by atoms with Gasteiger partial charge in [-0.05, 0) is 19.5 Å². The average Bonchev–Trinajstić information content (AvgIpc) is 2.88. The molecule has 1 aliphatic rings. The first-order chi connectivity index (χ1) is 8.95. The van der Waals surface area contributed by atoms with Crippen LogP contribution >= 0.6 is 0 Å². The van der Waals surface area contributed by atoms with Crippen molar-refractivity contribution in [1.29, 1.82) is 0 Å². The molecule has 1 N–H and O–H groups in total. The normalized spacial score (nSPS) is 20.6. The molecule has 1 atom stereocenters. The molecule has 1 aliphatic heterocycles. The van der Waals surface area contributed by atoms with Gasteiger partial charge in [0, 0.05) is 31.3 Å². The molecule has 104 valence electrons. The van der Waals surface area contributed by atoms with Gasteiger partial charge in [-0.2, -0.15) is 4.31 Å². The van der Waals surface area contributed by atoms with Crippen LogP contribution in [0.15, 0.2) is 29.2 Å². The second kappa shape index (κ2) is 5.24. The van der Waals surface area contributed by atoms with Gasteiger partial charge in [-0.15, -0.1) is 0 Å². The highest BCUT2D eigenvalue weighted by Gasteiger charge is 2.32. The third-order valence-electron chi connectivity index (χ3n) is 3.23. The molecule has 1 aromatic rings. The SMILES string of the molecule is CNC1CCN(S(=O)(=O)c2cccc([N+](=O)[O-])c2)C1. The van der Waals surface area contributed by atoms with Crippen LogP contribution in [0.3, 0.4) is 0 Å². The van der Waals surface area contributed by atoms with Crippen LogP contribution in [-0.4, -0.2) is 43.8 Å². The predicted molar refractivity (Wildman–Crippen MR) is 69.3 cm³/mol. The van der Waals surface area contributed by atoms with Crippen molar-refractivity contribution in [3.05, 3.63) is 34.4 Å². The number of likely N-dealkylation sites (N-methyl/N-ethyl adjacent to an activating group) is 1. The molecule has 0 spiro atoms. The minimum absolute atomic E-state index is 0.0292. The van der Waals surface area contributed by atoms with Crippen LogP contribution in [-0.2, 0) is 10.0 Å². The second-order valence-corrected chi connectivity index (χ2v) is 6.33. The number of nitro groups is 1. The Morgan fingerprint density at radius 3 is 2.79 bits per heavy atom. The highest BCUT2D eigenvalue weighted by Crippen LogP contribution is 2.23. The van der Waals surface area contributed by atoms with E-state index in [0.29, 0.717) is 13.1 Å². The fourth-order valence-electron chi connectivity index (χ4n) is 2.09. The maximum absolute atomic E-state index is 12.3. The van der Waals surface area contributed by atoms with Gasteiger partial charge in [-0.1, -0.05) is 6.07 Å². The van der Waals surface area contributed by atoms with Crippen molar-refractivity contribution in [2.24, 2.45) is 0 Å². The van der Waals surface area contributed by atoms with Crippen LogP contribution in [0.4, 0.5) is 5.69 Å². The van der Waals surface area contributed by atoms with Crippen molar-refractivity contribution in [2.45, 2.75) is 17.4 Å². The first-order valence-corrected chi connectivity index (χ1v) is 7.31. The number of nitrogens with zero attached hydrogens (tertiary/aromatic N) is 2. The fourth-order valence-corrected chi connectivity index (χ4v) is 3.63. The van der Waals surface area contributed by atoms with E-state index in [4.69, 9.17) is 0 Å². The van der Waals surface area contributed by atoms with Crippen molar-refractivity contribution in [3.8, 4) is 0 Å². The van der Waals surface area contributed by atoms with E-state index in [2.05, 4.69) is 5.32 Å². The third-order valence-corrected chi connectivity index (χ3v) is 5.09. The van der Waals surface area contributed by atoms with Gasteiger partial charge in [0.2, 0.25) is 10.0 Å². The quantitative estimate of drug-likeness (QED) is 0.645. The van der Waals surface area contributed by atoms with Crippen molar-refractivity contribution in [1.82, 2.24) is 9.62 Å². The summed E-state index contributed by atoms with van der Waals surface area (Å²) in [5, 5.41) is 13.7. The molecule has 0 saturated carbocycles. The van der Waals surface area contributed by atoms with E-state index in [1.807, 2.05) is 0 Å². The summed E-state index contributed by atoms with van der Waals surface area (Å²) in [5.41, 5.74) is -0.217. The van der Waals surface area contributed by atoms with Gasteiger partial charge < -0.3 is 5.32 Å². The predicted octanol–water partition coefficient (Wildman–Crippen LogP) is 0.577. The smallest absolute Gasteiger partial charge is 0.270 e. The lowest BCUT2D eigenvalue weighted by Crippen LogP contribution is -2.33. The van der Waals surface area contributed by atoms with E-state index in [0.717, 1.165) is 12.5 Å². The van der Waals surface area contributed by atoms with E-state index in [1.54, 1.807) is 7.05 Å². The number of nitro benzene ring substituents is 1. The van der Waals surface area contributed by atoms with Crippen LogP contribution in [0.5, 0.6) is 0 Å². The Morgan fingerprint density at radius 1 is 1.47 bits per heavy atom. The summed E-state index contributed by atoms with van der Waals surface area (Å²) in [7, 11) is -1.86. The molecule has 0 aliphatic carbocycles. The van der Waals surface area contributed by atoms with E-state index < -0.39 is 14.9 Å². The number of non-ortho nitro benzene ring substituents is 1. The van der Waals surface area contributed by atoms with Gasteiger partial charge in [0.05, 0.1) is 9.82 Å². The molecule has 2 rings (SSSR count). The summed E-state index contributed by atoms with van der Waals surface area (Å²) in [5.74, 6) is 0. The standard InChI is InChI=1S/C11H15N3O4S/c1-12-9-5-6-13(8-9)19(17,18)11-4-2-3-10(7-11)14(15)16/h2-4,7,9,12H,5-6,8H2,1H3. The molecule has 0 aromatic heterocycles. The third kappa shape index (κ3) is 2.75.